The van der Waals surface area contributed by atoms with E-state index < -0.39 is 0 Å². The van der Waals surface area contributed by atoms with Gasteiger partial charge in [-0.2, -0.15) is 5.10 Å². The number of aromatic nitrogens is 2. The van der Waals surface area contributed by atoms with Gasteiger partial charge in [-0.25, -0.2) is 0 Å². The summed E-state index contributed by atoms with van der Waals surface area (Å²) in [6, 6.07) is 0. The van der Waals surface area contributed by atoms with Gasteiger partial charge in [0, 0.05) is 37.4 Å². The summed E-state index contributed by atoms with van der Waals surface area (Å²) in [5.41, 5.74) is 1.09. The molecule has 0 aromatic carbocycles. The lowest BCUT2D eigenvalue weighted by Gasteiger charge is -2.29. The van der Waals surface area contributed by atoms with E-state index in [0.29, 0.717) is 0 Å². The molecule has 2 rings (SSSR count). The maximum absolute atomic E-state index is 9.28. The third-order valence-electron chi connectivity index (χ3n) is 2.99. The van der Waals surface area contributed by atoms with E-state index in [4.69, 9.17) is 4.74 Å². The van der Waals surface area contributed by atoms with Crippen molar-refractivity contribution in [2.75, 3.05) is 13.2 Å². The van der Waals surface area contributed by atoms with Gasteiger partial charge in [0.15, 0.2) is 0 Å². The van der Waals surface area contributed by atoms with Crippen molar-refractivity contribution in [3.63, 3.8) is 0 Å². The fraction of sp³-hybridized carbons (Fsp3) is 0.727. The van der Waals surface area contributed by atoms with Crippen molar-refractivity contribution in [1.82, 2.24) is 9.78 Å². The van der Waals surface area contributed by atoms with Crippen molar-refractivity contribution in [3.8, 4) is 0 Å². The minimum Gasteiger partial charge on any atom is -0.396 e. The summed E-state index contributed by atoms with van der Waals surface area (Å²) in [6.07, 6.45) is 5.98. The lowest BCUT2D eigenvalue weighted by Crippen LogP contribution is -2.24. The Balaban J connectivity index is 2.12. The third kappa shape index (κ3) is 2.21. The Morgan fingerprint density at radius 1 is 1.67 bits per heavy atom. The summed E-state index contributed by atoms with van der Waals surface area (Å²) in [5, 5.41) is 13.5. The molecule has 15 heavy (non-hydrogen) atoms. The predicted molar refractivity (Wildman–Crippen MR) is 56.4 cm³/mol. The number of ether oxygens (including phenoxy) is 1. The molecular weight excluding hydrogens is 192 g/mol. The van der Waals surface area contributed by atoms with Crippen molar-refractivity contribution in [2.45, 2.75) is 32.4 Å². The van der Waals surface area contributed by atoms with Gasteiger partial charge in [-0.3, -0.25) is 4.68 Å². The molecule has 0 spiro atoms. The molecule has 1 N–H and O–H groups in total. The first-order valence-corrected chi connectivity index (χ1v) is 5.60. The molecule has 2 heterocycles. The number of hydrogen-bond acceptors (Lipinski definition) is 3. The topological polar surface area (TPSA) is 47.3 Å². The monoisotopic (exact) mass is 210 g/mol. The fourth-order valence-corrected chi connectivity index (χ4v) is 2.10. The SMILES string of the molecule is CCn1cc([C@H]2OCCC[C@H]2CO)cn1. The summed E-state index contributed by atoms with van der Waals surface area (Å²) in [6.45, 7) is 3.92. The van der Waals surface area contributed by atoms with E-state index in [1.165, 1.54) is 0 Å². The molecule has 84 valence electrons. The van der Waals surface area contributed by atoms with Gasteiger partial charge in [-0.15, -0.1) is 0 Å². The van der Waals surface area contributed by atoms with Crippen LogP contribution in [-0.4, -0.2) is 28.1 Å². The largest absolute Gasteiger partial charge is 0.396 e. The second-order valence-corrected chi connectivity index (χ2v) is 4.01. The van der Waals surface area contributed by atoms with E-state index in [2.05, 4.69) is 12.0 Å². The Morgan fingerprint density at radius 2 is 2.53 bits per heavy atom. The number of aliphatic hydroxyl groups excluding tert-OH is 1. The molecule has 0 amide bonds. The molecule has 0 aliphatic carbocycles. The second-order valence-electron chi connectivity index (χ2n) is 4.01. The summed E-state index contributed by atoms with van der Waals surface area (Å²) in [5.74, 6) is 0.230. The third-order valence-corrected chi connectivity index (χ3v) is 2.99. The first-order valence-electron chi connectivity index (χ1n) is 5.60. The van der Waals surface area contributed by atoms with Crippen LogP contribution in [0.25, 0.3) is 0 Å². The van der Waals surface area contributed by atoms with Crippen molar-refractivity contribution >= 4 is 0 Å². The molecule has 1 aliphatic heterocycles. The van der Waals surface area contributed by atoms with E-state index in [0.717, 1.165) is 31.6 Å². The Morgan fingerprint density at radius 3 is 3.20 bits per heavy atom. The minimum atomic E-state index is 0.0315. The summed E-state index contributed by atoms with van der Waals surface area (Å²) >= 11 is 0. The zero-order valence-electron chi connectivity index (χ0n) is 9.09. The van der Waals surface area contributed by atoms with E-state index in [1.807, 2.05) is 17.1 Å². The summed E-state index contributed by atoms with van der Waals surface area (Å²) < 4.78 is 7.60. The molecular formula is C11H18N2O2. The van der Waals surface area contributed by atoms with Crippen LogP contribution in [0.4, 0.5) is 0 Å². The molecule has 0 bridgehead atoms. The predicted octanol–water partition coefficient (Wildman–Crippen LogP) is 1.36. The van der Waals surface area contributed by atoms with Crippen LogP contribution in [-0.2, 0) is 11.3 Å². The lowest BCUT2D eigenvalue weighted by molar-refractivity contribution is -0.0457. The van der Waals surface area contributed by atoms with Gasteiger partial charge in [-0.05, 0) is 19.8 Å². The lowest BCUT2D eigenvalue weighted by atomic mass is 9.92. The maximum Gasteiger partial charge on any atom is 0.0905 e. The van der Waals surface area contributed by atoms with Crippen LogP contribution < -0.4 is 0 Å². The first-order chi connectivity index (χ1) is 7.35. The molecule has 1 saturated heterocycles. The van der Waals surface area contributed by atoms with E-state index >= 15 is 0 Å². The Labute approximate surface area is 89.9 Å². The van der Waals surface area contributed by atoms with E-state index in [-0.39, 0.29) is 18.6 Å². The van der Waals surface area contributed by atoms with Gasteiger partial charge >= 0.3 is 0 Å². The summed E-state index contributed by atoms with van der Waals surface area (Å²) in [7, 11) is 0. The Kier molecular flexibility index (Phi) is 3.38. The molecule has 1 aromatic rings. The highest BCUT2D eigenvalue weighted by atomic mass is 16.5. The molecule has 4 heteroatoms. The van der Waals surface area contributed by atoms with Crippen LogP contribution in [0.2, 0.25) is 0 Å². The number of hydrogen-bond donors (Lipinski definition) is 1. The smallest absolute Gasteiger partial charge is 0.0905 e. The van der Waals surface area contributed by atoms with Gasteiger partial charge in [0.25, 0.3) is 0 Å². The minimum absolute atomic E-state index is 0.0315. The Hall–Kier alpha value is -0.870. The number of rotatable bonds is 3. The Bertz CT molecular complexity index is 311. The van der Waals surface area contributed by atoms with Crippen LogP contribution >= 0.6 is 0 Å². The van der Waals surface area contributed by atoms with Crippen LogP contribution in [0, 0.1) is 5.92 Å². The van der Waals surface area contributed by atoms with Gasteiger partial charge in [0.2, 0.25) is 0 Å². The van der Waals surface area contributed by atoms with Crippen molar-refractivity contribution in [2.24, 2.45) is 5.92 Å². The van der Waals surface area contributed by atoms with Gasteiger partial charge in [-0.1, -0.05) is 0 Å². The van der Waals surface area contributed by atoms with E-state index in [1.54, 1.807) is 0 Å². The molecule has 0 saturated carbocycles. The number of nitrogens with zero attached hydrogens (tertiary/aromatic N) is 2. The first kappa shape index (κ1) is 10.6. The van der Waals surface area contributed by atoms with Crippen LogP contribution in [0.3, 0.4) is 0 Å². The highest BCUT2D eigenvalue weighted by Crippen LogP contribution is 2.32. The van der Waals surface area contributed by atoms with Gasteiger partial charge in [0.1, 0.15) is 0 Å². The molecule has 0 unspecified atom stereocenters. The van der Waals surface area contributed by atoms with Crippen molar-refractivity contribution < 1.29 is 9.84 Å². The average Bonchev–Trinajstić information content (AvgIpc) is 2.77. The molecule has 0 radical (unpaired) electrons. The molecule has 2 atom stereocenters. The highest BCUT2D eigenvalue weighted by Gasteiger charge is 2.27. The zero-order chi connectivity index (χ0) is 10.7. The zero-order valence-corrected chi connectivity index (χ0v) is 9.09. The maximum atomic E-state index is 9.28. The molecule has 4 nitrogen and oxygen atoms in total. The fourth-order valence-electron chi connectivity index (χ4n) is 2.10. The molecule has 1 aromatic heterocycles. The summed E-state index contributed by atoms with van der Waals surface area (Å²) in [4.78, 5) is 0. The van der Waals surface area contributed by atoms with E-state index in [9.17, 15) is 5.11 Å². The van der Waals surface area contributed by atoms with Gasteiger partial charge in [0.05, 0.1) is 12.3 Å². The molecule has 1 fully saturated rings. The van der Waals surface area contributed by atoms with Crippen molar-refractivity contribution in [3.05, 3.63) is 18.0 Å². The average molecular weight is 210 g/mol. The second kappa shape index (κ2) is 4.77. The normalized spacial score (nSPS) is 26.8. The van der Waals surface area contributed by atoms with Crippen molar-refractivity contribution in [1.29, 1.82) is 0 Å². The van der Waals surface area contributed by atoms with Crippen LogP contribution in [0.5, 0.6) is 0 Å². The number of aliphatic hydroxyl groups is 1. The van der Waals surface area contributed by atoms with Crippen LogP contribution in [0.15, 0.2) is 12.4 Å². The highest BCUT2D eigenvalue weighted by molar-refractivity contribution is 5.10. The van der Waals surface area contributed by atoms with Gasteiger partial charge < -0.3 is 9.84 Å². The van der Waals surface area contributed by atoms with Crippen LogP contribution in [0.1, 0.15) is 31.4 Å². The number of aryl methyl sites for hydroxylation is 1. The quantitative estimate of drug-likeness (QED) is 0.819. The molecule has 1 aliphatic rings. The standard InChI is InChI=1S/C11H18N2O2/c1-2-13-7-10(6-12-13)11-9(8-14)4-3-5-15-11/h6-7,9,11,14H,2-5,8H2,1H3/t9-,11-/m0/s1.